The minimum Gasteiger partial charge on any atom is -0.465 e. The molecule has 1 aliphatic carbocycles. The van der Waals surface area contributed by atoms with Crippen molar-refractivity contribution < 1.29 is 14.3 Å². The van der Waals surface area contributed by atoms with E-state index in [-0.39, 0.29) is 11.8 Å². The highest BCUT2D eigenvalue weighted by Crippen LogP contribution is 2.34. The molecule has 0 heterocycles. The average Bonchev–Trinajstić information content (AvgIpc) is 2.54. The van der Waals surface area contributed by atoms with Crippen LogP contribution in [-0.2, 0) is 14.3 Å². The van der Waals surface area contributed by atoms with E-state index in [1.165, 1.54) is 18.1 Å². The molecule has 0 saturated carbocycles. The molecule has 0 aliphatic heterocycles. The van der Waals surface area contributed by atoms with E-state index >= 15 is 0 Å². The summed E-state index contributed by atoms with van der Waals surface area (Å²) in [6.45, 7) is 3.55. The standard InChI is InChI=1S/C19H24O3/c1-3-22-19(21)18(14(2)20)13-15-9-11-17(12-10-15)16-7-5-4-6-8-16/h4-9,17-18H,3,10-13H2,1-2H3. The van der Waals surface area contributed by atoms with Crippen LogP contribution in [0.15, 0.2) is 42.0 Å². The van der Waals surface area contributed by atoms with Crippen LogP contribution in [0.1, 0.15) is 51.0 Å². The SMILES string of the molecule is CCOC(=O)C(CC1=CCC(c2ccccc2)CC1)C(C)=O. The van der Waals surface area contributed by atoms with E-state index in [1.54, 1.807) is 6.92 Å². The molecular formula is C19H24O3. The molecule has 1 aromatic carbocycles. The van der Waals surface area contributed by atoms with Crippen LogP contribution in [0.3, 0.4) is 0 Å². The van der Waals surface area contributed by atoms with Gasteiger partial charge in [0.25, 0.3) is 0 Å². The summed E-state index contributed by atoms with van der Waals surface area (Å²) in [6.07, 6.45) is 5.71. The van der Waals surface area contributed by atoms with Gasteiger partial charge in [-0.2, -0.15) is 0 Å². The van der Waals surface area contributed by atoms with E-state index < -0.39 is 5.92 Å². The van der Waals surface area contributed by atoms with Crippen molar-refractivity contribution in [2.24, 2.45) is 5.92 Å². The number of allylic oxidation sites excluding steroid dienone is 2. The molecule has 0 bridgehead atoms. The Morgan fingerprint density at radius 2 is 2.00 bits per heavy atom. The summed E-state index contributed by atoms with van der Waals surface area (Å²) in [6, 6.07) is 10.5. The zero-order valence-electron chi connectivity index (χ0n) is 13.4. The molecule has 0 aromatic heterocycles. The zero-order chi connectivity index (χ0) is 15.9. The summed E-state index contributed by atoms with van der Waals surface area (Å²) in [4.78, 5) is 23.6. The van der Waals surface area contributed by atoms with Gasteiger partial charge >= 0.3 is 5.97 Å². The summed E-state index contributed by atoms with van der Waals surface area (Å²) < 4.78 is 5.01. The molecular weight excluding hydrogens is 276 g/mol. The maximum Gasteiger partial charge on any atom is 0.316 e. The minimum absolute atomic E-state index is 0.107. The maximum atomic E-state index is 11.9. The monoisotopic (exact) mass is 300 g/mol. The Morgan fingerprint density at radius 1 is 1.27 bits per heavy atom. The van der Waals surface area contributed by atoms with Crippen molar-refractivity contribution in [3.05, 3.63) is 47.5 Å². The third-order valence-corrected chi connectivity index (χ3v) is 4.30. The zero-order valence-corrected chi connectivity index (χ0v) is 13.4. The topological polar surface area (TPSA) is 43.4 Å². The first-order chi connectivity index (χ1) is 10.6. The van der Waals surface area contributed by atoms with Crippen LogP contribution in [-0.4, -0.2) is 18.4 Å². The van der Waals surface area contributed by atoms with Crippen molar-refractivity contribution in [2.45, 2.75) is 45.4 Å². The van der Waals surface area contributed by atoms with Gasteiger partial charge in [-0.15, -0.1) is 0 Å². The average molecular weight is 300 g/mol. The third-order valence-electron chi connectivity index (χ3n) is 4.30. The van der Waals surface area contributed by atoms with Crippen LogP contribution in [0.4, 0.5) is 0 Å². The predicted molar refractivity (Wildman–Crippen MR) is 86.5 cm³/mol. The molecule has 3 nitrogen and oxygen atoms in total. The Hall–Kier alpha value is -1.90. The van der Waals surface area contributed by atoms with Gasteiger partial charge in [0.05, 0.1) is 6.61 Å². The van der Waals surface area contributed by atoms with E-state index in [0.717, 1.165) is 19.3 Å². The lowest BCUT2D eigenvalue weighted by Gasteiger charge is -2.24. The molecule has 118 valence electrons. The van der Waals surface area contributed by atoms with Gasteiger partial charge < -0.3 is 4.74 Å². The molecule has 0 spiro atoms. The molecule has 3 heteroatoms. The lowest BCUT2D eigenvalue weighted by atomic mass is 9.81. The minimum atomic E-state index is -0.639. The Morgan fingerprint density at radius 3 is 2.55 bits per heavy atom. The highest BCUT2D eigenvalue weighted by atomic mass is 16.5. The Kier molecular flexibility index (Phi) is 5.93. The highest BCUT2D eigenvalue weighted by molar-refractivity contribution is 5.98. The van der Waals surface area contributed by atoms with Gasteiger partial charge in [0, 0.05) is 0 Å². The number of esters is 1. The second-order valence-corrected chi connectivity index (χ2v) is 5.86. The number of hydrogen-bond donors (Lipinski definition) is 0. The lowest BCUT2D eigenvalue weighted by molar-refractivity contribution is -0.151. The first-order valence-corrected chi connectivity index (χ1v) is 8.01. The molecule has 1 aromatic rings. The summed E-state index contributed by atoms with van der Waals surface area (Å²) in [5.74, 6) is -0.589. The molecule has 0 N–H and O–H groups in total. The number of carbonyl (C=O) groups is 2. The Balaban J connectivity index is 1.98. The van der Waals surface area contributed by atoms with Crippen LogP contribution in [0.5, 0.6) is 0 Å². The van der Waals surface area contributed by atoms with Crippen LogP contribution >= 0.6 is 0 Å². The highest BCUT2D eigenvalue weighted by Gasteiger charge is 2.27. The molecule has 2 unspecified atom stereocenters. The predicted octanol–water partition coefficient (Wildman–Crippen LogP) is 4.04. The van der Waals surface area contributed by atoms with E-state index in [4.69, 9.17) is 4.74 Å². The van der Waals surface area contributed by atoms with E-state index in [2.05, 4.69) is 30.3 Å². The van der Waals surface area contributed by atoms with Crippen molar-refractivity contribution in [3.8, 4) is 0 Å². The van der Waals surface area contributed by atoms with Gasteiger partial charge in [-0.1, -0.05) is 42.0 Å². The van der Waals surface area contributed by atoms with E-state index in [9.17, 15) is 9.59 Å². The number of hydrogen-bond acceptors (Lipinski definition) is 3. The van der Waals surface area contributed by atoms with Crippen molar-refractivity contribution in [1.82, 2.24) is 0 Å². The van der Waals surface area contributed by atoms with E-state index in [1.807, 2.05) is 6.07 Å². The fourth-order valence-corrected chi connectivity index (χ4v) is 3.00. The van der Waals surface area contributed by atoms with Gasteiger partial charge in [0.2, 0.25) is 0 Å². The number of carbonyl (C=O) groups excluding carboxylic acids is 2. The number of ketones is 1. The van der Waals surface area contributed by atoms with Crippen LogP contribution in [0.25, 0.3) is 0 Å². The third kappa shape index (κ3) is 4.30. The molecule has 0 fully saturated rings. The molecule has 2 rings (SSSR count). The number of ether oxygens (including phenoxy) is 1. The first-order valence-electron chi connectivity index (χ1n) is 8.01. The van der Waals surface area contributed by atoms with E-state index in [0.29, 0.717) is 18.9 Å². The van der Waals surface area contributed by atoms with Crippen LogP contribution < -0.4 is 0 Å². The number of benzene rings is 1. The molecule has 22 heavy (non-hydrogen) atoms. The fourth-order valence-electron chi connectivity index (χ4n) is 3.00. The van der Waals surface area contributed by atoms with Gasteiger partial charge in [-0.25, -0.2) is 0 Å². The normalized spacial score (nSPS) is 19.2. The van der Waals surface area contributed by atoms with Gasteiger partial charge in [0.15, 0.2) is 0 Å². The van der Waals surface area contributed by atoms with Crippen LogP contribution in [0, 0.1) is 5.92 Å². The largest absolute Gasteiger partial charge is 0.465 e. The van der Waals surface area contributed by atoms with Crippen molar-refractivity contribution in [2.75, 3.05) is 6.61 Å². The summed E-state index contributed by atoms with van der Waals surface area (Å²) in [5, 5.41) is 0. The number of Topliss-reactive ketones (excluding diaryl/α,β-unsaturated/α-hetero) is 1. The molecule has 0 saturated heterocycles. The number of rotatable bonds is 6. The summed E-state index contributed by atoms with van der Waals surface area (Å²) in [7, 11) is 0. The van der Waals surface area contributed by atoms with Crippen molar-refractivity contribution in [3.63, 3.8) is 0 Å². The fraction of sp³-hybridized carbons (Fsp3) is 0.474. The lowest BCUT2D eigenvalue weighted by Crippen LogP contribution is -2.25. The van der Waals surface area contributed by atoms with Gasteiger partial charge in [0.1, 0.15) is 11.7 Å². The summed E-state index contributed by atoms with van der Waals surface area (Å²) in [5.41, 5.74) is 2.58. The summed E-state index contributed by atoms with van der Waals surface area (Å²) >= 11 is 0. The molecule has 0 radical (unpaired) electrons. The smallest absolute Gasteiger partial charge is 0.316 e. The Labute approximate surface area is 132 Å². The second-order valence-electron chi connectivity index (χ2n) is 5.86. The first kappa shape index (κ1) is 16.5. The molecule has 2 atom stereocenters. The maximum absolute atomic E-state index is 11.9. The quantitative estimate of drug-likeness (QED) is 0.452. The molecule has 0 amide bonds. The Bertz CT molecular complexity index is 545. The van der Waals surface area contributed by atoms with Gasteiger partial charge in [-0.05, 0) is 51.0 Å². The van der Waals surface area contributed by atoms with Crippen LogP contribution in [0.2, 0.25) is 0 Å². The second kappa shape index (κ2) is 7.92. The van der Waals surface area contributed by atoms with Crippen molar-refractivity contribution >= 4 is 11.8 Å². The molecule has 1 aliphatic rings. The van der Waals surface area contributed by atoms with Gasteiger partial charge in [-0.3, -0.25) is 9.59 Å². The van der Waals surface area contributed by atoms with Crippen molar-refractivity contribution in [1.29, 1.82) is 0 Å².